The van der Waals surface area contributed by atoms with Crippen LogP contribution in [0.1, 0.15) is 11.3 Å². The molecule has 0 bridgehead atoms. The lowest BCUT2D eigenvalue weighted by molar-refractivity contribution is -0.150. The Balaban J connectivity index is 1.45. The maximum Gasteiger partial charge on any atom is 0.352 e. The normalized spacial score (nSPS) is 25.4. The standard InChI is InChI=1S/C17H16N6O5S3/c18-17-20-9(6-31(17)22-28)3-11(24)21-12-14(25)23-13(16(26)27)8(5-29-15(12)23)1-2-10-4-19-7-30-10/h1-2,4,6-7,12,15,28H,3,5H2,(H2,18,20)(H,21,24)(H,26,27)/b2-1+. The van der Waals surface area contributed by atoms with Crippen LogP contribution in [0, 0.1) is 0 Å². The first-order valence-electron chi connectivity index (χ1n) is 8.79. The van der Waals surface area contributed by atoms with Crippen LogP contribution in [0.2, 0.25) is 0 Å². The molecular weight excluding hydrogens is 464 g/mol. The van der Waals surface area contributed by atoms with Crippen molar-refractivity contribution in [1.29, 1.82) is 0 Å². The second-order valence-electron chi connectivity index (χ2n) is 6.50. The molecule has 3 aliphatic rings. The Labute approximate surface area is 186 Å². The minimum Gasteiger partial charge on any atom is -0.477 e. The highest BCUT2D eigenvalue weighted by atomic mass is 32.2. The van der Waals surface area contributed by atoms with E-state index in [1.54, 1.807) is 23.9 Å². The highest BCUT2D eigenvalue weighted by Gasteiger charge is 2.53. The van der Waals surface area contributed by atoms with Crippen molar-refractivity contribution in [3.8, 4) is 0 Å². The number of β-lactam (4-membered cyclic amide) rings is 1. The summed E-state index contributed by atoms with van der Waals surface area (Å²) in [6, 6.07) is -0.831. The lowest BCUT2D eigenvalue weighted by atomic mass is 10.0. The Morgan fingerprint density at radius 1 is 1.45 bits per heavy atom. The number of carboxylic acids is 1. The van der Waals surface area contributed by atoms with E-state index in [4.69, 9.17) is 10.9 Å². The van der Waals surface area contributed by atoms with E-state index >= 15 is 0 Å². The van der Waals surface area contributed by atoms with E-state index in [1.165, 1.54) is 33.4 Å². The zero-order valence-corrected chi connectivity index (χ0v) is 18.1. The number of nitrogens with zero attached hydrogens (tertiary/aromatic N) is 4. The van der Waals surface area contributed by atoms with Gasteiger partial charge in [0.05, 0.1) is 17.6 Å². The fourth-order valence-electron chi connectivity index (χ4n) is 3.20. The number of thioether (sulfide) groups is 1. The molecule has 162 valence electrons. The van der Waals surface area contributed by atoms with E-state index in [1.807, 2.05) is 0 Å². The zero-order chi connectivity index (χ0) is 22.1. The topological polar surface area (TPSA) is 171 Å². The van der Waals surface area contributed by atoms with E-state index in [2.05, 4.69) is 19.8 Å². The van der Waals surface area contributed by atoms with Crippen LogP contribution in [0.3, 0.4) is 0 Å². The Bertz CT molecular complexity index is 1110. The minimum absolute atomic E-state index is 0.0792. The Morgan fingerprint density at radius 2 is 2.26 bits per heavy atom. The molecule has 3 aliphatic heterocycles. The number of amidine groups is 1. The average molecular weight is 481 g/mol. The predicted octanol–water partition coefficient (Wildman–Crippen LogP) is 0.646. The predicted molar refractivity (Wildman–Crippen MR) is 117 cm³/mol. The third-order valence-electron chi connectivity index (χ3n) is 4.56. The molecule has 0 saturated carbocycles. The summed E-state index contributed by atoms with van der Waals surface area (Å²) in [6.07, 6.45) is 4.97. The van der Waals surface area contributed by atoms with Gasteiger partial charge in [0.25, 0.3) is 5.91 Å². The zero-order valence-electron chi connectivity index (χ0n) is 15.7. The molecule has 1 saturated heterocycles. The fraction of sp³-hybridized carbons (Fsp3) is 0.235. The third kappa shape index (κ3) is 4.19. The number of nitrogens with two attached hydrogens (primary N) is 1. The largest absolute Gasteiger partial charge is 0.477 e. The van der Waals surface area contributed by atoms with Crippen LogP contribution in [-0.4, -0.2) is 60.3 Å². The fourth-order valence-corrected chi connectivity index (χ4v) is 5.89. The van der Waals surface area contributed by atoms with Crippen molar-refractivity contribution in [1.82, 2.24) is 15.2 Å². The molecule has 2 amide bonds. The van der Waals surface area contributed by atoms with Crippen LogP contribution < -0.4 is 11.1 Å². The van der Waals surface area contributed by atoms with Crippen molar-refractivity contribution >= 4 is 62.8 Å². The molecule has 3 atom stereocenters. The van der Waals surface area contributed by atoms with Gasteiger partial charge in [-0.15, -0.1) is 27.6 Å². The van der Waals surface area contributed by atoms with Crippen molar-refractivity contribution in [2.75, 3.05) is 5.75 Å². The van der Waals surface area contributed by atoms with Gasteiger partial charge in [0.15, 0.2) is 5.17 Å². The summed E-state index contributed by atoms with van der Waals surface area (Å²) >= 11 is 2.79. The number of aliphatic carboxylic acids is 1. The van der Waals surface area contributed by atoms with Crippen molar-refractivity contribution in [2.24, 2.45) is 15.3 Å². The van der Waals surface area contributed by atoms with Gasteiger partial charge in [0.2, 0.25) is 5.91 Å². The van der Waals surface area contributed by atoms with Gasteiger partial charge in [-0.3, -0.25) is 24.7 Å². The lowest BCUT2D eigenvalue weighted by Crippen LogP contribution is -2.70. The Morgan fingerprint density at radius 3 is 2.90 bits per heavy atom. The number of hydrogen-bond acceptors (Lipinski definition) is 9. The number of carboxylic acid groups (broad SMARTS) is 1. The average Bonchev–Trinajstić information content (AvgIpc) is 3.38. The maximum atomic E-state index is 12.7. The molecule has 4 heterocycles. The second-order valence-corrected chi connectivity index (χ2v) is 9.97. The quantitative estimate of drug-likeness (QED) is 0.339. The number of nitrogens with one attached hydrogen (secondary N) is 1. The highest BCUT2D eigenvalue weighted by molar-refractivity contribution is 8.05. The molecule has 0 spiro atoms. The van der Waals surface area contributed by atoms with Crippen LogP contribution in [0.5, 0.6) is 0 Å². The van der Waals surface area contributed by atoms with E-state index < -0.39 is 39.9 Å². The number of carbonyl (C=O) groups excluding carboxylic acids is 2. The van der Waals surface area contributed by atoms with Gasteiger partial charge in [-0.25, -0.2) is 9.79 Å². The van der Waals surface area contributed by atoms with E-state index in [9.17, 15) is 19.5 Å². The summed E-state index contributed by atoms with van der Waals surface area (Å²) in [4.78, 5) is 46.9. The molecule has 5 N–H and O–H groups in total. The van der Waals surface area contributed by atoms with E-state index in [0.717, 1.165) is 4.88 Å². The van der Waals surface area contributed by atoms with E-state index in [0.29, 0.717) is 17.0 Å². The second kappa shape index (κ2) is 8.74. The van der Waals surface area contributed by atoms with Crippen LogP contribution in [0.15, 0.2) is 49.7 Å². The van der Waals surface area contributed by atoms with Crippen molar-refractivity contribution in [3.05, 3.63) is 45.0 Å². The number of rotatable bonds is 6. The number of carbonyl (C=O) groups is 3. The summed E-state index contributed by atoms with van der Waals surface area (Å²) < 4.78 is 3.07. The molecule has 0 aliphatic carbocycles. The number of allylic oxidation sites excluding steroid dienone is 1. The van der Waals surface area contributed by atoms with Crippen LogP contribution in [0.25, 0.3) is 6.08 Å². The molecule has 1 aromatic rings. The Kier molecular flexibility index (Phi) is 6.04. The first kappa shape index (κ1) is 21.4. The number of aromatic nitrogens is 1. The molecule has 31 heavy (non-hydrogen) atoms. The third-order valence-corrected chi connectivity index (χ3v) is 7.80. The number of thiazole rings is 1. The smallest absolute Gasteiger partial charge is 0.352 e. The summed E-state index contributed by atoms with van der Waals surface area (Å²) in [5.74, 6) is -1.76. The monoisotopic (exact) mass is 480 g/mol. The number of amides is 2. The van der Waals surface area contributed by atoms with Crippen molar-refractivity contribution in [2.45, 2.75) is 17.8 Å². The highest BCUT2D eigenvalue weighted by Crippen LogP contribution is 2.41. The van der Waals surface area contributed by atoms with Gasteiger partial charge in [0, 0.05) is 32.9 Å². The first-order valence-corrected chi connectivity index (χ1v) is 12.0. The molecule has 0 radical (unpaired) electrons. The van der Waals surface area contributed by atoms with Crippen LogP contribution in [-0.2, 0) is 25.1 Å². The van der Waals surface area contributed by atoms with Crippen LogP contribution >= 0.6 is 23.1 Å². The maximum absolute atomic E-state index is 12.7. The van der Waals surface area contributed by atoms with Gasteiger partial charge in [-0.05, 0) is 11.6 Å². The molecular formula is C17H16N6O5S3. The molecule has 11 nitrogen and oxygen atoms in total. The van der Waals surface area contributed by atoms with Gasteiger partial charge < -0.3 is 16.2 Å². The molecule has 1 aromatic heterocycles. The summed E-state index contributed by atoms with van der Waals surface area (Å²) in [5.41, 5.74) is 8.06. The first-order chi connectivity index (χ1) is 14.9. The van der Waals surface area contributed by atoms with Gasteiger partial charge in [-0.1, -0.05) is 6.08 Å². The van der Waals surface area contributed by atoms with Crippen molar-refractivity contribution in [3.63, 3.8) is 0 Å². The van der Waals surface area contributed by atoms with Gasteiger partial charge >= 0.3 is 5.97 Å². The number of aliphatic imine (C=N–C) groups is 1. The van der Waals surface area contributed by atoms with Gasteiger partial charge in [-0.2, -0.15) is 0 Å². The molecule has 14 heteroatoms. The van der Waals surface area contributed by atoms with E-state index in [-0.39, 0.29) is 17.3 Å². The van der Waals surface area contributed by atoms with Crippen LogP contribution in [0.4, 0.5) is 0 Å². The number of fused-ring (bicyclic) bond motifs is 1. The SMILES string of the molecule is NC1=NC(CC(=O)NC2C(=O)N3C(C(=O)O)=C(/C=C/c4cncs4)CSC23)=C/S1=N\O. The summed E-state index contributed by atoms with van der Waals surface area (Å²) in [7, 11) is -1.06. The summed E-state index contributed by atoms with van der Waals surface area (Å²) in [6.45, 7) is 0. The van der Waals surface area contributed by atoms with Crippen molar-refractivity contribution < 1.29 is 24.7 Å². The molecule has 3 unspecified atom stereocenters. The molecule has 0 aromatic carbocycles. The number of hydrogen-bond donors (Lipinski definition) is 4. The lowest BCUT2D eigenvalue weighted by Gasteiger charge is -2.49. The molecule has 4 rings (SSSR count). The molecule has 1 fully saturated rings. The minimum atomic E-state index is -1.20. The summed E-state index contributed by atoms with van der Waals surface area (Å²) in [5, 5.41) is 22.2. The van der Waals surface area contributed by atoms with Gasteiger partial charge in [0.1, 0.15) is 17.1 Å². The Hall–Kier alpha value is -2.81.